The molecule has 3 N–H and O–H groups in total. The average molecular weight is 242 g/mol. The van der Waals surface area contributed by atoms with Crippen LogP contribution in [0.2, 0.25) is 0 Å². The molecule has 1 rings (SSSR count). The third-order valence-electron chi connectivity index (χ3n) is 1.80. The Morgan fingerprint density at radius 1 is 1.38 bits per heavy atom. The van der Waals surface area contributed by atoms with E-state index in [9.17, 15) is 22.0 Å². The highest BCUT2D eigenvalue weighted by Crippen LogP contribution is 2.37. The van der Waals surface area contributed by atoms with E-state index in [1.807, 2.05) is 0 Å². The molecule has 3 nitrogen and oxygen atoms in total. The molecule has 0 aliphatic carbocycles. The number of hydrogen-bond acceptors (Lipinski definition) is 3. The monoisotopic (exact) mass is 242 g/mol. The molecule has 1 aromatic heterocycles. The molecule has 90 valence electrons. The van der Waals surface area contributed by atoms with Crippen LogP contribution in [-0.4, -0.2) is 10.1 Å². The lowest BCUT2D eigenvalue weighted by Crippen LogP contribution is -2.13. The largest absolute Gasteiger partial charge is 0.505 e. The van der Waals surface area contributed by atoms with Gasteiger partial charge in [0, 0.05) is 12.1 Å². The zero-order valence-electron chi connectivity index (χ0n) is 7.72. The van der Waals surface area contributed by atoms with E-state index in [4.69, 9.17) is 10.8 Å². The number of aromatic nitrogens is 1. The van der Waals surface area contributed by atoms with Crippen molar-refractivity contribution in [3.05, 3.63) is 23.0 Å². The number of pyridine rings is 1. The van der Waals surface area contributed by atoms with E-state index in [1.165, 1.54) is 0 Å². The van der Waals surface area contributed by atoms with Crippen LogP contribution in [0.4, 0.5) is 22.0 Å². The van der Waals surface area contributed by atoms with E-state index in [0.717, 1.165) is 0 Å². The van der Waals surface area contributed by atoms with Crippen LogP contribution in [0.1, 0.15) is 23.4 Å². The van der Waals surface area contributed by atoms with Crippen LogP contribution in [0, 0.1) is 0 Å². The molecule has 1 aromatic rings. The van der Waals surface area contributed by atoms with Crippen LogP contribution in [0.25, 0.3) is 0 Å². The van der Waals surface area contributed by atoms with Gasteiger partial charge < -0.3 is 10.8 Å². The number of nitrogens with two attached hydrogens (primary N) is 1. The number of alkyl halides is 5. The maximum atomic E-state index is 12.3. The minimum Gasteiger partial charge on any atom is -0.505 e. The zero-order chi connectivity index (χ0) is 12.5. The van der Waals surface area contributed by atoms with Crippen LogP contribution < -0.4 is 5.73 Å². The first kappa shape index (κ1) is 12.6. The molecule has 0 aliphatic heterocycles. The Hall–Kier alpha value is -1.44. The third-order valence-corrected chi connectivity index (χ3v) is 1.80. The van der Waals surface area contributed by atoms with Gasteiger partial charge in [-0.3, -0.25) is 0 Å². The standard InChI is InChI=1S/C8H7F5N2O/c9-7(10)4-1-3(2-14)5(16)6(15-4)8(11,12)13/h1,7,16H,2,14H2. The Kier molecular flexibility index (Phi) is 3.32. The van der Waals surface area contributed by atoms with Crippen LogP contribution in [0.3, 0.4) is 0 Å². The first-order chi connectivity index (χ1) is 7.27. The van der Waals surface area contributed by atoms with Gasteiger partial charge in [0.2, 0.25) is 0 Å². The summed E-state index contributed by atoms with van der Waals surface area (Å²) in [5, 5.41) is 9.12. The molecule has 0 bridgehead atoms. The number of nitrogens with zero attached hydrogens (tertiary/aromatic N) is 1. The van der Waals surface area contributed by atoms with Crippen molar-refractivity contribution in [3.8, 4) is 5.75 Å². The predicted octanol–water partition coefficient (Wildman–Crippen LogP) is 2.20. The lowest BCUT2D eigenvalue weighted by molar-refractivity contribution is -0.142. The second-order valence-corrected chi connectivity index (χ2v) is 2.91. The van der Waals surface area contributed by atoms with Gasteiger partial charge in [0.15, 0.2) is 11.4 Å². The Labute approximate surface area is 86.7 Å². The quantitative estimate of drug-likeness (QED) is 0.781. The minimum atomic E-state index is -5.00. The van der Waals surface area contributed by atoms with E-state index < -0.39 is 41.8 Å². The van der Waals surface area contributed by atoms with Crippen LogP contribution in [0.15, 0.2) is 6.07 Å². The highest BCUT2D eigenvalue weighted by molar-refractivity contribution is 5.39. The molecule has 0 aliphatic rings. The fourth-order valence-corrected chi connectivity index (χ4v) is 1.08. The molecule has 0 amide bonds. The highest BCUT2D eigenvalue weighted by Gasteiger charge is 2.38. The third kappa shape index (κ3) is 2.38. The maximum absolute atomic E-state index is 12.3. The Balaban J connectivity index is 3.42. The van der Waals surface area contributed by atoms with E-state index in [2.05, 4.69) is 4.98 Å². The summed E-state index contributed by atoms with van der Waals surface area (Å²) in [4.78, 5) is 2.67. The Morgan fingerprint density at radius 2 is 1.94 bits per heavy atom. The maximum Gasteiger partial charge on any atom is 0.437 e. The molecular formula is C8H7F5N2O. The molecular weight excluding hydrogens is 235 g/mol. The van der Waals surface area contributed by atoms with Crippen molar-refractivity contribution in [2.45, 2.75) is 19.1 Å². The van der Waals surface area contributed by atoms with Gasteiger partial charge >= 0.3 is 6.18 Å². The minimum absolute atomic E-state index is 0.419. The van der Waals surface area contributed by atoms with Crippen molar-refractivity contribution in [3.63, 3.8) is 0 Å². The number of hydrogen-bond donors (Lipinski definition) is 2. The van der Waals surface area contributed by atoms with Crippen LogP contribution in [-0.2, 0) is 12.7 Å². The predicted molar refractivity (Wildman–Crippen MR) is 43.8 cm³/mol. The lowest BCUT2D eigenvalue weighted by Gasteiger charge is -2.12. The smallest absolute Gasteiger partial charge is 0.437 e. The van der Waals surface area contributed by atoms with Gasteiger partial charge in [-0.15, -0.1) is 0 Å². The van der Waals surface area contributed by atoms with Crippen LogP contribution in [0.5, 0.6) is 5.75 Å². The Bertz CT molecular complexity index is 391. The fourth-order valence-electron chi connectivity index (χ4n) is 1.08. The molecule has 0 spiro atoms. The van der Waals surface area contributed by atoms with Gasteiger partial charge in [0.05, 0.1) is 0 Å². The molecule has 0 fully saturated rings. The van der Waals surface area contributed by atoms with Crippen molar-refractivity contribution in [1.29, 1.82) is 0 Å². The van der Waals surface area contributed by atoms with Crippen molar-refractivity contribution < 1.29 is 27.1 Å². The van der Waals surface area contributed by atoms with Crippen molar-refractivity contribution in [2.24, 2.45) is 5.73 Å². The van der Waals surface area contributed by atoms with Crippen LogP contribution >= 0.6 is 0 Å². The number of rotatable bonds is 2. The summed E-state index contributed by atoms with van der Waals surface area (Å²) in [7, 11) is 0. The van der Waals surface area contributed by atoms with Gasteiger partial charge in [-0.2, -0.15) is 13.2 Å². The van der Waals surface area contributed by atoms with Gasteiger partial charge in [0.1, 0.15) is 5.69 Å². The second-order valence-electron chi connectivity index (χ2n) is 2.91. The molecule has 0 atom stereocenters. The summed E-state index contributed by atoms with van der Waals surface area (Å²) in [5.41, 5.74) is 1.80. The molecule has 16 heavy (non-hydrogen) atoms. The summed E-state index contributed by atoms with van der Waals surface area (Å²) in [6, 6.07) is 0.648. The second kappa shape index (κ2) is 4.20. The van der Waals surface area contributed by atoms with Gasteiger partial charge in [-0.05, 0) is 6.07 Å². The molecule has 0 saturated carbocycles. The molecule has 0 unspecified atom stereocenters. The van der Waals surface area contributed by atoms with Crippen molar-refractivity contribution >= 4 is 0 Å². The van der Waals surface area contributed by atoms with E-state index in [1.54, 1.807) is 0 Å². The molecule has 0 aromatic carbocycles. The highest BCUT2D eigenvalue weighted by atomic mass is 19.4. The first-order valence-electron chi connectivity index (χ1n) is 4.05. The van der Waals surface area contributed by atoms with Gasteiger partial charge in [-0.25, -0.2) is 13.8 Å². The SMILES string of the molecule is NCc1cc(C(F)F)nc(C(F)(F)F)c1O. The van der Waals surface area contributed by atoms with Gasteiger partial charge in [0.25, 0.3) is 6.43 Å². The normalized spacial score (nSPS) is 12.2. The molecule has 8 heteroatoms. The number of halogens is 5. The first-order valence-corrected chi connectivity index (χ1v) is 4.05. The summed E-state index contributed by atoms with van der Waals surface area (Å²) < 4.78 is 61.4. The molecule has 1 heterocycles. The van der Waals surface area contributed by atoms with Crippen molar-refractivity contribution in [1.82, 2.24) is 4.98 Å². The van der Waals surface area contributed by atoms with E-state index in [0.29, 0.717) is 6.07 Å². The Morgan fingerprint density at radius 3 is 2.31 bits per heavy atom. The summed E-state index contributed by atoms with van der Waals surface area (Å²) in [5.74, 6) is -1.21. The average Bonchev–Trinajstić information content (AvgIpc) is 2.15. The van der Waals surface area contributed by atoms with E-state index >= 15 is 0 Å². The summed E-state index contributed by atoms with van der Waals surface area (Å²) in [6.45, 7) is -0.489. The molecule has 0 saturated heterocycles. The molecule has 0 radical (unpaired) electrons. The fraction of sp³-hybridized carbons (Fsp3) is 0.375. The number of aromatic hydroxyl groups is 1. The topological polar surface area (TPSA) is 59.1 Å². The summed E-state index contributed by atoms with van der Waals surface area (Å²) in [6.07, 6.45) is -8.16. The zero-order valence-corrected chi connectivity index (χ0v) is 7.72. The van der Waals surface area contributed by atoms with Gasteiger partial charge in [-0.1, -0.05) is 0 Å². The lowest BCUT2D eigenvalue weighted by atomic mass is 10.1. The van der Waals surface area contributed by atoms with Crippen molar-refractivity contribution in [2.75, 3.05) is 0 Å². The summed E-state index contributed by atoms with van der Waals surface area (Å²) >= 11 is 0. The van der Waals surface area contributed by atoms with E-state index in [-0.39, 0.29) is 0 Å².